The van der Waals surface area contributed by atoms with Crippen molar-refractivity contribution in [3.05, 3.63) is 24.0 Å². The Labute approximate surface area is 103 Å². The highest BCUT2D eigenvalue weighted by atomic mass is 14.9. The van der Waals surface area contributed by atoms with Gasteiger partial charge in [-0.05, 0) is 24.5 Å². The van der Waals surface area contributed by atoms with Crippen LogP contribution in [0.4, 0.5) is 5.69 Å². The van der Waals surface area contributed by atoms with E-state index in [9.17, 15) is 0 Å². The normalized spacial score (nSPS) is 16.4. The first kappa shape index (κ1) is 11.9. The van der Waals surface area contributed by atoms with Crippen LogP contribution in [0.15, 0.2) is 18.3 Å². The Bertz CT molecular complexity index is 389. The van der Waals surface area contributed by atoms with Crippen LogP contribution in [0.5, 0.6) is 0 Å². The average molecular weight is 229 g/mol. The molecular formula is C14H19N3. The fourth-order valence-electron chi connectivity index (χ4n) is 2.52. The maximum absolute atomic E-state index is 8.91. The Morgan fingerprint density at radius 1 is 1.35 bits per heavy atom. The molecule has 1 aromatic rings. The molecule has 1 fully saturated rings. The Morgan fingerprint density at radius 3 is 2.94 bits per heavy atom. The third kappa shape index (κ3) is 3.45. The molecule has 1 heterocycles. The van der Waals surface area contributed by atoms with Crippen molar-refractivity contribution in [1.82, 2.24) is 4.98 Å². The molecule has 0 aromatic carbocycles. The van der Waals surface area contributed by atoms with Gasteiger partial charge in [-0.3, -0.25) is 0 Å². The van der Waals surface area contributed by atoms with Crippen LogP contribution in [0.3, 0.4) is 0 Å². The number of pyridine rings is 1. The van der Waals surface area contributed by atoms with Crippen molar-refractivity contribution in [2.75, 3.05) is 11.9 Å². The zero-order valence-electron chi connectivity index (χ0n) is 10.2. The van der Waals surface area contributed by atoms with Crippen molar-refractivity contribution < 1.29 is 0 Å². The van der Waals surface area contributed by atoms with E-state index >= 15 is 0 Å². The summed E-state index contributed by atoms with van der Waals surface area (Å²) in [5.41, 5.74) is 1.36. The van der Waals surface area contributed by atoms with Gasteiger partial charge in [0.15, 0.2) is 5.69 Å². The van der Waals surface area contributed by atoms with E-state index in [0.717, 1.165) is 18.2 Å². The molecule has 1 N–H and O–H groups in total. The predicted octanol–water partition coefficient (Wildman–Crippen LogP) is 3.34. The summed E-state index contributed by atoms with van der Waals surface area (Å²) in [7, 11) is 0. The standard InChI is InChI=1S/C14H19N3/c15-11-14-13(7-4-9-16-14)17-10-8-12-5-2-1-3-6-12/h4,7,9,12,17H,1-3,5-6,8,10H2. The van der Waals surface area contributed by atoms with Crippen LogP contribution in [0, 0.1) is 17.2 Å². The van der Waals surface area contributed by atoms with E-state index in [2.05, 4.69) is 16.4 Å². The predicted molar refractivity (Wildman–Crippen MR) is 68.6 cm³/mol. The number of hydrogen-bond acceptors (Lipinski definition) is 3. The van der Waals surface area contributed by atoms with Crippen LogP contribution in [0.1, 0.15) is 44.2 Å². The number of nitrogens with zero attached hydrogens (tertiary/aromatic N) is 2. The van der Waals surface area contributed by atoms with Crippen LogP contribution in [-0.4, -0.2) is 11.5 Å². The summed E-state index contributed by atoms with van der Waals surface area (Å²) in [4.78, 5) is 4.04. The summed E-state index contributed by atoms with van der Waals surface area (Å²) in [5.74, 6) is 0.874. The molecular weight excluding hydrogens is 210 g/mol. The van der Waals surface area contributed by atoms with Crippen LogP contribution < -0.4 is 5.32 Å². The average Bonchev–Trinajstić information content (AvgIpc) is 2.40. The van der Waals surface area contributed by atoms with Gasteiger partial charge < -0.3 is 5.32 Å². The SMILES string of the molecule is N#Cc1ncccc1NCCC1CCCCC1. The highest BCUT2D eigenvalue weighted by Crippen LogP contribution is 2.26. The van der Waals surface area contributed by atoms with Gasteiger partial charge in [0.1, 0.15) is 6.07 Å². The van der Waals surface area contributed by atoms with Gasteiger partial charge in [-0.2, -0.15) is 5.26 Å². The molecule has 0 bridgehead atoms. The van der Waals surface area contributed by atoms with Gasteiger partial charge in [-0.1, -0.05) is 32.1 Å². The molecule has 3 nitrogen and oxygen atoms in total. The van der Waals surface area contributed by atoms with Crippen molar-refractivity contribution in [3.8, 4) is 6.07 Å². The van der Waals surface area contributed by atoms with E-state index in [1.165, 1.54) is 38.5 Å². The number of nitrogens with one attached hydrogen (secondary N) is 1. The number of aromatic nitrogens is 1. The fraction of sp³-hybridized carbons (Fsp3) is 0.571. The number of rotatable bonds is 4. The molecule has 0 spiro atoms. The minimum Gasteiger partial charge on any atom is -0.383 e. The Morgan fingerprint density at radius 2 is 2.18 bits per heavy atom. The lowest BCUT2D eigenvalue weighted by Gasteiger charge is -2.21. The zero-order valence-corrected chi connectivity index (χ0v) is 10.2. The summed E-state index contributed by atoms with van der Waals surface area (Å²) in [6, 6.07) is 5.90. The van der Waals surface area contributed by atoms with E-state index < -0.39 is 0 Å². The lowest BCUT2D eigenvalue weighted by Crippen LogP contribution is -2.12. The minimum absolute atomic E-state index is 0.496. The molecule has 1 aliphatic carbocycles. The first-order chi connectivity index (χ1) is 8.40. The summed E-state index contributed by atoms with van der Waals surface area (Å²) in [6.45, 7) is 0.949. The highest BCUT2D eigenvalue weighted by Gasteiger charge is 2.12. The van der Waals surface area contributed by atoms with Gasteiger partial charge in [-0.25, -0.2) is 4.98 Å². The van der Waals surface area contributed by atoms with Gasteiger partial charge in [0.05, 0.1) is 5.69 Å². The largest absolute Gasteiger partial charge is 0.383 e. The summed E-state index contributed by atoms with van der Waals surface area (Å²) in [5, 5.41) is 12.2. The second kappa shape index (κ2) is 6.24. The molecule has 0 saturated heterocycles. The number of anilines is 1. The van der Waals surface area contributed by atoms with E-state index in [1.807, 2.05) is 12.1 Å². The molecule has 0 aliphatic heterocycles. The van der Waals surface area contributed by atoms with Crippen LogP contribution in [0.2, 0.25) is 0 Å². The summed E-state index contributed by atoms with van der Waals surface area (Å²) in [6.07, 6.45) is 9.80. The van der Waals surface area contributed by atoms with Crippen molar-refractivity contribution >= 4 is 5.69 Å². The number of hydrogen-bond donors (Lipinski definition) is 1. The second-order valence-corrected chi connectivity index (χ2v) is 4.73. The topological polar surface area (TPSA) is 48.7 Å². The van der Waals surface area contributed by atoms with Gasteiger partial charge in [0.25, 0.3) is 0 Å². The highest BCUT2D eigenvalue weighted by molar-refractivity contribution is 5.53. The van der Waals surface area contributed by atoms with E-state index in [4.69, 9.17) is 5.26 Å². The fourth-order valence-corrected chi connectivity index (χ4v) is 2.52. The molecule has 90 valence electrons. The third-order valence-corrected chi connectivity index (χ3v) is 3.51. The molecule has 1 aliphatic rings. The lowest BCUT2D eigenvalue weighted by molar-refractivity contribution is 0.345. The maximum Gasteiger partial charge on any atom is 0.163 e. The molecule has 1 aromatic heterocycles. The van der Waals surface area contributed by atoms with Crippen LogP contribution in [0.25, 0.3) is 0 Å². The Hall–Kier alpha value is -1.56. The molecule has 17 heavy (non-hydrogen) atoms. The van der Waals surface area contributed by atoms with E-state index in [1.54, 1.807) is 6.20 Å². The lowest BCUT2D eigenvalue weighted by atomic mass is 9.87. The molecule has 0 unspecified atom stereocenters. The molecule has 0 radical (unpaired) electrons. The van der Waals surface area contributed by atoms with Crippen LogP contribution >= 0.6 is 0 Å². The summed E-state index contributed by atoms with van der Waals surface area (Å²) < 4.78 is 0. The van der Waals surface area contributed by atoms with E-state index in [-0.39, 0.29) is 0 Å². The Kier molecular flexibility index (Phi) is 4.37. The number of nitriles is 1. The van der Waals surface area contributed by atoms with Crippen molar-refractivity contribution in [2.45, 2.75) is 38.5 Å². The molecule has 3 heteroatoms. The van der Waals surface area contributed by atoms with Gasteiger partial charge in [0.2, 0.25) is 0 Å². The smallest absolute Gasteiger partial charge is 0.163 e. The van der Waals surface area contributed by atoms with Crippen LogP contribution in [-0.2, 0) is 0 Å². The quantitative estimate of drug-likeness (QED) is 0.861. The van der Waals surface area contributed by atoms with Gasteiger partial charge in [0, 0.05) is 12.7 Å². The van der Waals surface area contributed by atoms with E-state index in [0.29, 0.717) is 5.69 Å². The van der Waals surface area contributed by atoms with Crippen molar-refractivity contribution in [1.29, 1.82) is 5.26 Å². The summed E-state index contributed by atoms with van der Waals surface area (Å²) >= 11 is 0. The monoisotopic (exact) mass is 229 g/mol. The molecule has 0 atom stereocenters. The van der Waals surface area contributed by atoms with Gasteiger partial charge in [-0.15, -0.1) is 0 Å². The maximum atomic E-state index is 8.91. The Balaban J connectivity index is 1.79. The molecule has 0 amide bonds. The molecule has 2 rings (SSSR count). The first-order valence-electron chi connectivity index (χ1n) is 6.49. The minimum atomic E-state index is 0.496. The first-order valence-corrected chi connectivity index (χ1v) is 6.49. The third-order valence-electron chi connectivity index (χ3n) is 3.51. The second-order valence-electron chi connectivity index (χ2n) is 4.73. The van der Waals surface area contributed by atoms with Crippen molar-refractivity contribution in [2.24, 2.45) is 5.92 Å². The zero-order chi connectivity index (χ0) is 11.9. The van der Waals surface area contributed by atoms with Crippen molar-refractivity contribution in [3.63, 3.8) is 0 Å². The van der Waals surface area contributed by atoms with Gasteiger partial charge >= 0.3 is 0 Å². The molecule has 1 saturated carbocycles.